The maximum Gasteiger partial charge on any atom is 0.416 e. The van der Waals surface area contributed by atoms with Crippen LogP contribution in [0.25, 0.3) is 27.6 Å². The van der Waals surface area contributed by atoms with Crippen LogP contribution in [-0.4, -0.2) is 26.0 Å². The number of rotatable bonds is 4. The lowest BCUT2D eigenvalue weighted by Gasteiger charge is -2.10. The van der Waals surface area contributed by atoms with Crippen molar-refractivity contribution in [2.45, 2.75) is 11.3 Å². The van der Waals surface area contributed by atoms with Crippen molar-refractivity contribution < 1.29 is 18.0 Å². The van der Waals surface area contributed by atoms with E-state index >= 15 is 0 Å². The van der Waals surface area contributed by atoms with Gasteiger partial charge in [0.05, 0.1) is 27.9 Å². The maximum atomic E-state index is 12.7. The molecule has 9 heteroatoms. The van der Waals surface area contributed by atoms with Gasteiger partial charge >= 0.3 is 6.18 Å². The molecular formula is C23H15F3N4OS. The predicted octanol–water partition coefficient (Wildman–Crippen LogP) is 5.79. The summed E-state index contributed by atoms with van der Waals surface area (Å²) < 4.78 is 40.1. The fourth-order valence-corrected chi connectivity index (χ4v) is 4.29. The largest absolute Gasteiger partial charge is 0.416 e. The van der Waals surface area contributed by atoms with E-state index < -0.39 is 11.7 Å². The van der Waals surface area contributed by atoms with Crippen molar-refractivity contribution in [3.63, 3.8) is 0 Å². The van der Waals surface area contributed by atoms with E-state index in [-0.39, 0.29) is 11.7 Å². The second kappa shape index (κ2) is 7.83. The summed E-state index contributed by atoms with van der Waals surface area (Å²) in [6, 6.07) is 19.7. The van der Waals surface area contributed by atoms with Crippen LogP contribution in [-0.2, 0) is 11.0 Å². The topological polar surface area (TPSA) is 59.3 Å². The van der Waals surface area contributed by atoms with Crippen LogP contribution in [0.5, 0.6) is 0 Å². The lowest BCUT2D eigenvalue weighted by Crippen LogP contribution is -2.15. The van der Waals surface area contributed by atoms with Crippen LogP contribution < -0.4 is 5.32 Å². The number of nitrogens with zero attached hydrogens (tertiary/aromatic N) is 3. The number of carbonyl (C=O) groups excluding carboxylic acids is 1. The summed E-state index contributed by atoms with van der Waals surface area (Å²) in [5.74, 6) is -0.309. The van der Waals surface area contributed by atoms with E-state index in [1.807, 2.05) is 52.9 Å². The number of para-hydroxylation sites is 3. The van der Waals surface area contributed by atoms with E-state index in [1.165, 1.54) is 23.9 Å². The summed E-state index contributed by atoms with van der Waals surface area (Å²) >= 11 is 1.24. The Morgan fingerprint density at radius 2 is 1.59 bits per heavy atom. The highest BCUT2D eigenvalue weighted by Gasteiger charge is 2.30. The molecule has 0 aliphatic heterocycles. The van der Waals surface area contributed by atoms with Crippen LogP contribution in [0, 0.1) is 0 Å². The molecule has 0 unspecified atom stereocenters. The van der Waals surface area contributed by atoms with Crippen molar-refractivity contribution in [1.82, 2.24) is 14.4 Å². The Morgan fingerprint density at radius 1 is 0.906 bits per heavy atom. The van der Waals surface area contributed by atoms with Crippen LogP contribution in [0.1, 0.15) is 5.56 Å². The van der Waals surface area contributed by atoms with Gasteiger partial charge in [-0.15, -0.1) is 0 Å². The van der Waals surface area contributed by atoms with Crippen molar-refractivity contribution in [1.29, 1.82) is 0 Å². The molecule has 5 nitrogen and oxygen atoms in total. The molecule has 3 aromatic carbocycles. The molecule has 0 bridgehead atoms. The number of hydrogen-bond acceptors (Lipinski definition) is 4. The maximum absolute atomic E-state index is 12.7. The number of benzene rings is 3. The number of fused-ring (bicyclic) bond motifs is 5. The first-order chi connectivity index (χ1) is 15.4. The first-order valence-electron chi connectivity index (χ1n) is 9.66. The SMILES string of the molecule is O=C(CSc1nc2ccccc2c2nc3ccccc3n12)Nc1ccc(C(F)(F)F)cc1. The number of alkyl halides is 3. The Bertz CT molecular complexity index is 1460. The predicted molar refractivity (Wildman–Crippen MR) is 119 cm³/mol. The van der Waals surface area contributed by atoms with Gasteiger partial charge < -0.3 is 5.32 Å². The number of thioether (sulfide) groups is 1. The highest BCUT2D eigenvalue weighted by atomic mass is 32.2. The van der Waals surface area contributed by atoms with Gasteiger partial charge in [-0.2, -0.15) is 13.2 Å². The van der Waals surface area contributed by atoms with Crippen molar-refractivity contribution in [3.05, 3.63) is 78.4 Å². The summed E-state index contributed by atoms with van der Waals surface area (Å²) in [6.45, 7) is 0. The Morgan fingerprint density at radius 3 is 2.34 bits per heavy atom. The summed E-state index contributed by atoms with van der Waals surface area (Å²) in [6.07, 6.45) is -4.42. The Hall–Kier alpha value is -3.59. The molecule has 0 radical (unpaired) electrons. The van der Waals surface area contributed by atoms with Crippen LogP contribution in [0.4, 0.5) is 18.9 Å². The van der Waals surface area contributed by atoms with E-state index in [0.29, 0.717) is 10.8 Å². The number of halogens is 3. The molecule has 0 spiro atoms. The molecule has 32 heavy (non-hydrogen) atoms. The highest BCUT2D eigenvalue weighted by Crippen LogP contribution is 2.31. The monoisotopic (exact) mass is 452 g/mol. The normalized spacial score (nSPS) is 12.0. The van der Waals surface area contributed by atoms with Crippen LogP contribution in [0.2, 0.25) is 0 Å². The van der Waals surface area contributed by atoms with Gasteiger partial charge in [0.1, 0.15) is 5.65 Å². The minimum atomic E-state index is -4.42. The zero-order valence-electron chi connectivity index (χ0n) is 16.4. The molecular weight excluding hydrogens is 437 g/mol. The highest BCUT2D eigenvalue weighted by molar-refractivity contribution is 7.99. The van der Waals surface area contributed by atoms with E-state index in [9.17, 15) is 18.0 Å². The number of carbonyl (C=O) groups is 1. The zero-order valence-corrected chi connectivity index (χ0v) is 17.2. The number of aromatic nitrogens is 3. The zero-order chi connectivity index (χ0) is 22.3. The fourth-order valence-electron chi connectivity index (χ4n) is 3.48. The Labute approximate surface area is 184 Å². The molecule has 1 amide bonds. The second-order valence-electron chi connectivity index (χ2n) is 7.08. The van der Waals surface area contributed by atoms with Gasteiger partial charge in [0.25, 0.3) is 0 Å². The second-order valence-corrected chi connectivity index (χ2v) is 8.03. The van der Waals surface area contributed by atoms with Gasteiger partial charge in [-0.25, -0.2) is 9.97 Å². The van der Waals surface area contributed by atoms with Crippen LogP contribution in [0.3, 0.4) is 0 Å². The van der Waals surface area contributed by atoms with Gasteiger partial charge in [-0.1, -0.05) is 36.0 Å². The molecule has 0 aliphatic rings. The third-order valence-electron chi connectivity index (χ3n) is 4.94. The lowest BCUT2D eigenvalue weighted by molar-refractivity contribution is -0.137. The van der Waals surface area contributed by atoms with Crippen molar-refractivity contribution in [2.75, 3.05) is 11.1 Å². The third-order valence-corrected chi connectivity index (χ3v) is 5.88. The Kier molecular flexibility index (Phi) is 4.97. The summed E-state index contributed by atoms with van der Waals surface area (Å²) in [5.41, 5.74) is 2.75. The molecule has 0 saturated heterocycles. The first-order valence-corrected chi connectivity index (χ1v) is 10.6. The molecule has 2 heterocycles. The van der Waals surface area contributed by atoms with E-state index in [2.05, 4.69) is 5.32 Å². The summed E-state index contributed by atoms with van der Waals surface area (Å²) in [7, 11) is 0. The first kappa shape index (κ1) is 20.3. The molecule has 0 aliphatic carbocycles. The molecule has 5 aromatic rings. The van der Waals surface area contributed by atoms with Crippen LogP contribution in [0.15, 0.2) is 78.0 Å². The minimum Gasteiger partial charge on any atom is -0.325 e. The van der Waals surface area contributed by atoms with Gasteiger partial charge in [0.2, 0.25) is 5.91 Å². The standard InChI is InChI=1S/C23H15F3N4OS/c24-23(25,26)14-9-11-15(12-10-14)27-20(31)13-32-22-29-17-6-2-1-5-16(17)21-28-18-7-3-4-8-19(18)30(21)22/h1-12H,13H2,(H,27,31). The van der Waals surface area contributed by atoms with Gasteiger partial charge in [-0.3, -0.25) is 9.20 Å². The van der Waals surface area contributed by atoms with Crippen molar-refractivity contribution in [3.8, 4) is 0 Å². The number of nitrogens with one attached hydrogen (secondary N) is 1. The fraction of sp³-hybridized carbons (Fsp3) is 0.0870. The molecule has 160 valence electrons. The molecule has 5 rings (SSSR count). The van der Waals surface area contributed by atoms with E-state index in [1.54, 1.807) is 0 Å². The molecule has 0 saturated carbocycles. The van der Waals surface area contributed by atoms with Gasteiger partial charge in [0, 0.05) is 11.1 Å². The Balaban J connectivity index is 1.43. The number of imidazole rings is 1. The molecule has 0 fully saturated rings. The quantitative estimate of drug-likeness (QED) is 0.277. The number of amides is 1. The van der Waals surface area contributed by atoms with Crippen molar-refractivity contribution in [2.24, 2.45) is 0 Å². The third kappa shape index (κ3) is 3.75. The molecule has 1 N–H and O–H groups in total. The lowest BCUT2D eigenvalue weighted by atomic mass is 10.2. The van der Waals surface area contributed by atoms with Gasteiger partial charge in [0.15, 0.2) is 5.16 Å². The number of anilines is 1. The average molecular weight is 452 g/mol. The van der Waals surface area contributed by atoms with Crippen molar-refractivity contribution >= 4 is 50.9 Å². The van der Waals surface area contributed by atoms with Gasteiger partial charge in [-0.05, 0) is 48.5 Å². The smallest absolute Gasteiger partial charge is 0.325 e. The van der Waals surface area contributed by atoms with E-state index in [4.69, 9.17) is 9.97 Å². The summed E-state index contributed by atoms with van der Waals surface area (Å²) in [5, 5.41) is 4.14. The van der Waals surface area contributed by atoms with Crippen LogP contribution >= 0.6 is 11.8 Å². The average Bonchev–Trinajstić information content (AvgIpc) is 3.17. The minimum absolute atomic E-state index is 0.0357. The van der Waals surface area contributed by atoms with E-state index in [0.717, 1.165) is 39.7 Å². The molecule has 2 aromatic heterocycles. The number of hydrogen-bond donors (Lipinski definition) is 1. The summed E-state index contributed by atoms with van der Waals surface area (Å²) in [4.78, 5) is 21.9. The molecule has 0 atom stereocenters.